The molecule has 1 N–H and O–H groups in total. The molecule has 0 aliphatic carbocycles. The minimum absolute atomic E-state index is 0.0287. The van der Waals surface area contributed by atoms with Crippen LogP contribution < -0.4 is 5.32 Å². The van der Waals surface area contributed by atoms with Crippen LogP contribution >= 0.6 is 0 Å². The van der Waals surface area contributed by atoms with Crippen LogP contribution in [0.4, 0.5) is 18.9 Å². The zero-order valence-electron chi connectivity index (χ0n) is 12.3. The van der Waals surface area contributed by atoms with E-state index < -0.39 is 11.7 Å². The van der Waals surface area contributed by atoms with Gasteiger partial charge in [0.2, 0.25) is 0 Å². The van der Waals surface area contributed by atoms with Gasteiger partial charge in [-0.1, -0.05) is 18.2 Å². The number of benzene rings is 2. The van der Waals surface area contributed by atoms with Gasteiger partial charge in [-0.2, -0.15) is 13.2 Å². The third-order valence-electron chi connectivity index (χ3n) is 3.63. The summed E-state index contributed by atoms with van der Waals surface area (Å²) in [7, 11) is 0. The van der Waals surface area contributed by atoms with Crippen molar-refractivity contribution in [2.45, 2.75) is 33.0 Å². The first-order valence-electron chi connectivity index (χ1n) is 6.78. The Labute approximate surface area is 122 Å². The molecule has 0 saturated heterocycles. The van der Waals surface area contributed by atoms with E-state index in [9.17, 15) is 13.2 Å². The molecule has 4 heteroatoms. The maximum Gasteiger partial charge on any atom is 0.416 e. The number of aryl methyl sites for hydroxylation is 2. The van der Waals surface area contributed by atoms with Crippen LogP contribution in [-0.4, -0.2) is 0 Å². The van der Waals surface area contributed by atoms with Crippen molar-refractivity contribution in [2.75, 3.05) is 5.32 Å². The molecule has 1 unspecified atom stereocenters. The summed E-state index contributed by atoms with van der Waals surface area (Å²) in [4.78, 5) is 0. The van der Waals surface area contributed by atoms with E-state index in [4.69, 9.17) is 0 Å². The van der Waals surface area contributed by atoms with Gasteiger partial charge >= 0.3 is 6.18 Å². The molecular weight excluding hydrogens is 275 g/mol. The molecule has 1 nitrogen and oxygen atoms in total. The van der Waals surface area contributed by atoms with Gasteiger partial charge in [0.25, 0.3) is 0 Å². The molecule has 0 bridgehead atoms. The van der Waals surface area contributed by atoms with Crippen molar-refractivity contribution in [1.82, 2.24) is 0 Å². The predicted molar refractivity (Wildman–Crippen MR) is 79.4 cm³/mol. The molecule has 0 aromatic heterocycles. The molecule has 2 aromatic rings. The number of nitrogens with one attached hydrogen (secondary N) is 1. The Morgan fingerprint density at radius 1 is 0.905 bits per heavy atom. The number of anilines is 1. The second-order valence-corrected chi connectivity index (χ2v) is 5.28. The minimum atomic E-state index is -4.29. The van der Waals surface area contributed by atoms with Gasteiger partial charge in [-0.15, -0.1) is 0 Å². The first kappa shape index (κ1) is 15.4. The second-order valence-electron chi connectivity index (χ2n) is 5.28. The highest BCUT2D eigenvalue weighted by atomic mass is 19.4. The van der Waals surface area contributed by atoms with Crippen molar-refractivity contribution in [3.8, 4) is 0 Å². The maximum atomic E-state index is 12.5. The number of hydrogen-bond donors (Lipinski definition) is 1. The van der Waals surface area contributed by atoms with Crippen molar-refractivity contribution >= 4 is 5.69 Å². The lowest BCUT2D eigenvalue weighted by molar-refractivity contribution is -0.137. The van der Waals surface area contributed by atoms with E-state index >= 15 is 0 Å². The molecule has 0 fully saturated rings. The van der Waals surface area contributed by atoms with E-state index in [-0.39, 0.29) is 6.04 Å². The largest absolute Gasteiger partial charge is 0.416 e. The Hall–Kier alpha value is -1.97. The Morgan fingerprint density at radius 3 is 2.05 bits per heavy atom. The molecule has 2 rings (SSSR count). The maximum absolute atomic E-state index is 12.5. The first-order valence-corrected chi connectivity index (χ1v) is 6.78. The van der Waals surface area contributed by atoms with Gasteiger partial charge in [-0.3, -0.25) is 0 Å². The number of hydrogen-bond acceptors (Lipinski definition) is 1. The van der Waals surface area contributed by atoms with Crippen molar-refractivity contribution in [3.63, 3.8) is 0 Å². The summed E-state index contributed by atoms with van der Waals surface area (Å²) in [6.07, 6.45) is -4.29. The highest BCUT2D eigenvalue weighted by Crippen LogP contribution is 2.30. The van der Waals surface area contributed by atoms with E-state index in [1.54, 1.807) is 0 Å². The predicted octanol–water partition coefficient (Wildman–Crippen LogP) is 5.50. The van der Waals surface area contributed by atoms with Crippen LogP contribution in [-0.2, 0) is 6.18 Å². The second kappa shape index (κ2) is 5.80. The summed E-state index contributed by atoms with van der Waals surface area (Å²) in [6, 6.07) is 11.3. The summed E-state index contributed by atoms with van der Waals surface area (Å²) in [6.45, 7) is 6.08. The molecule has 21 heavy (non-hydrogen) atoms. The van der Waals surface area contributed by atoms with Crippen LogP contribution in [0.2, 0.25) is 0 Å². The summed E-state index contributed by atoms with van der Waals surface area (Å²) in [5.74, 6) is 0. The molecule has 0 saturated carbocycles. The highest BCUT2D eigenvalue weighted by Gasteiger charge is 2.29. The first-order chi connectivity index (χ1) is 9.77. The minimum Gasteiger partial charge on any atom is -0.379 e. The molecule has 2 aromatic carbocycles. The van der Waals surface area contributed by atoms with Gasteiger partial charge in [-0.05, 0) is 61.7 Å². The fraction of sp³-hybridized carbons (Fsp3) is 0.294. The Bertz CT molecular complexity index is 615. The average molecular weight is 293 g/mol. The Kier molecular flexibility index (Phi) is 4.26. The molecule has 0 aliphatic heterocycles. The van der Waals surface area contributed by atoms with Gasteiger partial charge < -0.3 is 5.32 Å². The fourth-order valence-electron chi connectivity index (χ4n) is 2.12. The average Bonchev–Trinajstić information content (AvgIpc) is 2.41. The van der Waals surface area contributed by atoms with E-state index in [2.05, 4.69) is 17.4 Å². The van der Waals surface area contributed by atoms with Crippen LogP contribution in [0, 0.1) is 13.8 Å². The third kappa shape index (κ3) is 3.78. The summed E-state index contributed by atoms with van der Waals surface area (Å²) in [5, 5.41) is 3.22. The van der Waals surface area contributed by atoms with E-state index in [1.165, 1.54) is 23.3 Å². The van der Waals surface area contributed by atoms with Gasteiger partial charge in [0.15, 0.2) is 0 Å². The van der Waals surface area contributed by atoms with Crippen molar-refractivity contribution in [3.05, 3.63) is 64.7 Å². The molecule has 112 valence electrons. The molecule has 0 radical (unpaired) electrons. The Balaban J connectivity index is 2.12. The van der Waals surface area contributed by atoms with Crippen molar-refractivity contribution in [1.29, 1.82) is 0 Å². The number of halogens is 3. The number of rotatable bonds is 3. The van der Waals surface area contributed by atoms with E-state index in [1.807, 2.05) is 26.8 Å². The summed E-state index contributed by atoms with van der Waals surface area (Å²) in [5.41, 5.74) is 3.58. The zero-order chi connectivity index (χ0) is 15.6. The smallest absolute Gasteiger partial charge is 0.379 e. The SMILES string of the molecule is Cc1ccc(C(C)Nc2ccc(C(F)(F)F)cc2)cc1C. The third-order valence-corrected chi connectivity index (χ3v) is 3.63. The van der Waals surface area contributed by atoms with Crippen LogP contribution in [0.5, 0.6) is 0 Å². The lowest BCUT2D eigenvalue weighted by Gasteiger charge is -2.17. The summed E-state index contributed by atoms with van der Waals surface area (Å²) < 4.78 is 37.5. The molecule has 0 amide bonds. The fourth-order valence-corrected chi connectivity index (χ4v) is 2.12. The quantitative estimate of drug-likeness (QED) is 0.788. The zero-order valence-corrected chi connectivity index (χ0v) is 12.3. The molecule has 0 spiro atoms. The lowest BCUT2D eigenvalue weighted by atomic mass is 10.0. The van der Waals surface area contributed by atoms with Gasteiger partial charge in [0.1, 0.15) is 0 Å². The van der Waals surface area contributed by atoms with Gasteiger partial charge in [-0.25, -0.2) is 0 Å². The molecule has 0 heterocycles. The van der Waals surface area contributed by atoms with Gasteiger partial charge in [0.05, 0.1) is 5.56 Å². The monoisotopic (exact) mass is 293 g/mol. The number of alkyl halides is 3. The van der Waals surface area contributed by atoms with Crippen LogP contribution in [0.1, 0.15) is 35.2 Å². The molecule has 1 atom stereocenters. The molecular formula is C17H18F3N. The Morgan fingerprint density at radius 2 is 1.52 bits per heavy atom. The van der Waals surface area contributed by atoms with Crippen LogP contribution in [0.3, 0.4) is 0 Å². The van der Waals surface area contributed by atoms with E-state index in [0.29, 0.717) is 5.69 Å². The van der Waals surface area contributed by atoms with Crippen molar-refractivity contribution in [2.24, 2.45) is 0 Å². The van der Waals surface area contributed by atoms with E-state index in [0.717, 1.165) is 17.7 Å². The van der Waals surface area contributed by atoms with Gasteiger partial charge in [0, 0.05) is 11.7 Å². The topological polar surface area (TPSA) is 12.0 Å². The normalized spacial score (nSPS) is 13.0. The standard InChI is InChI=1S/C17H18F3N/c1-11-4-5-14(10-12(11)2)13(3)21-16-8-6-15(7-9-16)17(18,19)20/h4-10,13,21H,1-3H3. The van der Waals surface area contributed by atoms with Crippen molar-refractivity contribution < 1.29 is 13.2 Å². The summed E-state index contributed by atoms with van der Waals surface area (Å²) >= 11 is 0. The van der Waals surface area contributed by atoms with Crippen LogP contribution in [0.25, 0.3) is 0 Å². The van der Waals surface area contributed by atoms with Crippen LogP contribution in [0.15, 0.2) is 42.5 Å². The molecule has 0 aliphatic rings. The highest BCUT2D eigenvalue weighted by molar-refractivity contribution is 5.47. The lowest BCUT2D eigenvalue weighted by Crippen LogP contribution is -2.08.